The van der Waals surface area contributed by atoms with Gasteiger partial charge < -0.3 is 10.5 Å². The van der Waals surface area contributed by atoms with E-state index in [1.807, 2.05) is 6.92 Å². The monoisotopic (exact) mass is 218 g/mol. The minimum atomic E-state index is -0.358. The van der Waals surface area contributed by atoms with Gasteiger partial charge in [0.1, 0.15) is 11.6 Å². The summed E-state index contributed by atoms with van der Waals surface area (Å²) in [5.74, 6) is 0.319. The topological polar surface area (TPSA) is 48.1 Å². The first-order valence-electron chi connectivity index (χ1n) is 4.81. The van der Waals surface area contributed by atoms with Gasteiger partial charge in [-0.1, -0.05) is 6.07 Å². The van der Waals surface area contributed by atoms with Gasteiger partial charge >= 0.3 is 0 Å². The maximum Gasteiger partial charge on any atom is 0.242 e. The van der Waals surface area contributed by atoms with Gasteiger partial charge in [-0.3, -0.25) is 0 Å². The molecule has 1 aromatic carbocycles. The fourth-order valence-electron chi connectivity index (χ4n) is 1.27. The molecule has 0 atom stereocenters. The van der Waals surface area contributed by atoms with Crippen LogP contribution in [-0.2, 0) is 0 Å². The number of aryl methyl sites for hydroxylation is 1. The summed E-state index contributed by atoms with van der Waals surface area (Å²) in [6.45, 7) is 1.86. The second-order valence-electron chi connectivity index (χ2n) is 3.41. The number of ether oxygens (including phenoxy) is 1. The van der Waals surface area contributed by atoms with Crippen molar-refractivity contribution in [3.05, 3.63) is 47.9 Å². The minimum absolute atomic E-state index is 0.297. The molecule has 0 fully saturated rings. The molecule has 0 saturated carbocycles. The fraction of sp³-hybridized carbons (Fsp3) is 0.0833. The molecular formula is C12H11FN2O. The number of nitrogen functional groups attached to an aromatic ring is 1. The number of hydrogen-bond acceptors (Lipinski definition) is 3. The molecule has 1 aromatic heterocycles. The Morgan fingerprint density at radius 2 is 2.12 bits per heavy atom. The van der Waals surface area contributed by atoms with Gasteiger partial charge in [0, 0.05) is 12.3 Å². The number of rotatable bonds is 2. The lowest BCUT2D eigenvalue weighted by molar-refractivity contribution is 0.460. The molecule has 1 heterocycles. The van der Waals surface area contributed by atoms with Gasteiger partial charge in [0.2, 0.25) is 5.88 Å². The van der Waals surface area contributed by atoms with Crippen LogP contribution in [0.3, 0.4) is 0 Å². The molecule has 16 heavy (non-hydrogen) atoms. The van der Waals surface area contributed by atoms with Crippen molar-refractivity contribution in [2.75, 3.05) is 5.73 Å². The summed E-state index contributed by atoms with van der Waals surface area (Å²) in [4.78, 5) is 3.99. The van der Waals surface area contributed by atoms with Crippen LogP contribution in [0.4, 0.5) is 10.1 Å². The first-order valence-corrected chi connectivity index (χ1v) is 4.81. The first kappa shape index (κ1) is 10.4. The Balaban J connectivity index is 2.31. The van der Waals surface area contributed by atoms with Crippen LogP contribution in [0.5, 0.6) is 11.6 Å². The molecule has 0 spiro atoms. The summed E-state index contributed by atoms with van der Waals surface area (Å²) < 4.78 is 18.3. The summed E-state index contributed by atoms with van der Waals surface area (Å²) in [6.07, 6.45) is 1.60. The predicted molar refractivity (Wildman–Crippen MR) is 59.9 cm³/mol. The summed E-state index contributed by atoms with van der Waals surface area (Å²) in [6, 6.07) is 7.63. The van der Waals surface area contributed by atoms with Gasteiger partial charge in [-0.25, -0.2) is 9.37 Å². The average molecular weight is 218 g/mol. The van der Waals surface area contributed by atoms with Gasteiger partial charge in [0.05, 0.1) is 5.69 Å². The molecule has 2 N–H and O–H groups in total. The minimum Gasteiger partial charge on any atom is -0.437 e. The van der Waals surface area contributed by atoms with Crippen LogP contribution >= 0.6 is 0 Å². The van der Waals surface area contributed by atoms with E-state index < -0.39 is 0 Å². The van der Waals surface area contributed by atoms with Crippen LogP contribution in [-0.4, -0.2) is 4.98 Å². The zero-order chi connectivity index (χ0) is 11.5. The Kier molecular flexibility index (Phi) is 2.72. The predicted octanol–water partition coefficient (Wildman–Crippen LogP) is 2.90. The molecule has 0 amide bonds. The number of aromatic nitrogens is 1. The van der Waals surface area contributed by atoms with Crippen molar-refractivity contribution in [3.8, 4) is 11.6 Å². The summed E-state index contributed by atoms with van der Waals surface area (Å²) in [7, 11) is 0. The Morgan fingerprint density at radius 3 is 2.88 bits per heavy atom. The van der Waals surface area contributed by atoms with E-state index in [4.69, 9.17) is 10.5 Å². The van der Waals surface area contributed by atoms with Crippen molar-refractivity contribution < 1.29 is 9.13 Å². The second kappa shape index (κ2) is 4.18. The van der Waals surface area contributed by atoms with Gasteiger partial charge in [0.15, 0.2) is 0 Å². The molecule has 0 bridgehead atoms. The molecule has 82 valence electrons. The molecule has 0 saturated heterocycles. The van der Waals surface area contributed by atoms with Crippen LogP contribution in [0.2, 0.25) is 0 Å². The number of pyridine rings is 1. The maximum atomic E-state index is 12.9. The van der Waals surface area contributed by atoms with Crippen LogP contribution in [0, 0.1) is 12.7 Å². The number of benzene rings is 1. The Morgan fingerprint density at radius 1 is 1.31 bits per heavy atom. The zero-order valence-electron chi connectivity index (χ0n) is 8.77. The van der Waals surface area contributed by atoms with Crippen LogP contribution in [0.15, 0.2) is 36.5 Å². The number of hydrogen-bond donors (Lipinski definition) is 1. The maximum absolute atomic E-state index is 12.9. The van der Waals surface area contributed by atoms with E-state index in [0.717, 1.165) is 5.56 Å². The molecule has 3 nitrogen and oxygen atoms in total. The average Bonchev–Trinajstić information content (AvgIpc) is 2.25. The molecule has 4 heteroatoms. The SMILES string of the molecule is Cc1ccnc(Oc2cccc(F)c2)c1N. The third-order valence-corrected chi connectivity index (χ3v) is 2.18. The molecule has 2 rings (SSSR count). The van der Waals surface area contributed by atoms with Crippen LogP contribution < -0.4 is 10.5 Å². The molecule has 0 radical (unpaired) electrons. The molecule has 0 aliphatic carbocycles. The highest BCUT2D eigenvalue weighted by Gasteiger charge is 2.06. The lowest BCUT2D eigenvalue weighted by atomic mass is 10.2. The number of nitrogens with two attached hydrogens (primary N) is 1. The molecule has 0 aliphatic heterocycles. The van der Waals surface area contributed by atoms with Crippen molar-refractivity contribution in [3.63, 3.8) is 0 Å². The molecular weight excluding hydrogens is 207 g/mol. The summed E-state index contributed by atoms with van der Waals surface area (Å²) in [5, 5.41) is 0. The van der Waals surface area contributed by atoms with Gasteiger partial charge in [-0.05, 0) is 30.7 Å². The van der Waals surface area contributed by atoms with E-state index >= 15 is 0 Å². The molecule has 0 unspecified atom stereocenters. The highest BCUT2D eigenvalue weighted by atomic mass is 19.1. The quantitative estimate of drug-likeness (QED) is 0.843. The van der Waals surface area contributed by atoms with E-state index in [9.17, 15) is 4.39 Å². The lowest BCUT2D eigenvalue weighted by Gasteiger charge is -2.08. The third kappa shape index (κ3) is 2.11. The van der Waals surface area contributed by atoms with E-state index in [0.29, 0.717) is 17.3 Å². The van der Waals surface area contributed by atoms with Crippen molar-refractivity contribution in [1.82, 2.24) is 4.98 Å². The second-order valence-corrected chi connectivity index (χ2v) is 3.41. The van der Waals surface area contributed by atoms with Crippen LogP contribution in [0.25, 0.3) is 0 Å². The third-order valence-electron chi connectivity index (χ3n) is 2.18. The van der Waals surface area contributed by atoms with Crippen molar-refractivity contribution in [2.45, 2.75) is 6.92 Å². The van der Waals surface area contributed by atoms with Crippen molar-refractivity contribution in [1.29, 1.82) is 0 Å². The van der Waals surface area contributed by atoms with E-state index in [-0.39, 0.29) is 5.82 Å². The summed E-state index contributed by atoms with van der Waals surface area (Å²) >= 11 is 0. The van der Waals surface area contributed by atoms with E-state index in [1.54, 1.807) is 24.4 Å². The zero-order valence-corrected chi connectivity index (χ0v) is 8.77. The Bertz CT molecular complexity index is 514. The largest absolute Gasteiger partial charge is 0.437 e. The highest BCUT2D eigenvalue weighted by Crippen LogP contribution is 2.27. The number of nitrogens with zero attached hydrogens (tertiary/aromatic N) is 1. The lowest BCUT2D eigenvalue weighted by Crippen LogP contribution is -1.97. The van der Waals surface area contributed by atoms with Gasteiger partial charge in [-0.15, -0.1) is 0 Å². The molecule has 0 aliphatic rings. The molecule has 2 aromatic rings. The van der Waals surface area contributed by atoms with Crippen molar-refractivity contribution >= 4 is 5.69 Å². The standard InChI is InChI=1S/C12H11FN2O/c1-8-5-6-15-12(11(8)14)16-10-4-2-3-9(13)7-10/h2-7H,14H2,1H3. The number of anilines is 1. The van der Waals surface area contributed by atoms with Gasteiger partial charge in [-0.2, -0.15) is 0 Å². The number of halogens is 1. The van der Waals surface area contributed by atoms with Gasteiger partial charge in [0.25, 0.3) is 0 Å². The Hall–Kier alpha value is -2.10. The fourth-order valence-corrected chi connectivity index (χ4v) is 1.27. The smallest absolute Gasteiger partial charge is 0.242 e. The highest BCUT2D eigenvalue weighted by molar-refractivity contribution is 5.54. The van der Waals surface area contributed by atoms with Crippen LogP contribution in [0.1, 0.15) is 5.56 Å². The summed E-state index contributed by atoms with van der Waals surface area (Å²) in [5.41, 5.74) is 7.13. The Labute approximate surface area is 92.7 Å². The van der Waals surface area contributed by atoms with Crippen molar-refractivity contribution in [2.24, 2.45) is 0 Å². The van der Waals surface area contributed by atoms with E-state index in [2.05, 4.69) is 4.98 Å². The normalized spacial score (nSPS) is 10.1. The van der Waals surface area contributed by atoms with E-state index in [1.165, 1.54) is 12.1 Å². The first-order chi connectivity index (χ1) is 7.66.